The number of aromatic amines is 1. The third-order valence-corrected chi connectivity index (χ3v) is 5.63. The Morgan fingerprint density at radius 3 is 2.58 bits per heavy atom. The first kappa shape index (κ1) is 21.1. The molecular weight excluding hydrogens is 438 g/mol. The summed E-state index contributed by atoms with van der Waals surface area (Å²) in [6, 6.07) is 19.0. The van der Waals surface area contributed by atoms with Gasteiger partial charge >= 0.3 is 0 Å². The van der Waals surface area contributed by atoms with Crippen LogP contribution in [0.1, 0.15) is 23.6 Å². The lowest BCUT2D eigenvalue weighted by Crippen LogP contribution is -2.11. The Labute approximate surface area is 196 Å². The largest absolute Gasteiger partial charge is 0.494 e. The highest BCUT2D eigenvalue weighted by Gasteiger charge is 2.21. The Hall–Kier alpha value is -3.74. The summed E-state index contributed by atoms with van der Waals surface area (Å²) in [4.78, 5) is 7.96. The Kier molecular flexibility index (Phi) is 5.77. The number of nitrogens with zero attached hydrogens (tertiary/aromatic N) is 1. The average Bonchev–Trinajstić information content (AvgIpc) is 3.16. The van der Waals surface area contributed by atoms with Gasteiger partial charge < -0.3 is 24.9 Å². The van der Waals surface area contributed by atoms with E-state index in [1.54, 1.807) is 12.1 Å². The Bertz CT molecular complexity index is 1370. The van der Waals surface area contributed by atoms with Crippen molar-refractivity contribution in [2.75, 3.05) is 6.54 Å². The van der Waals surface area contributed by atoms with E-state index in [0.29, 0.717) is 27.8 Å². The van der Waals surface area contributed by atoms with Crippen molar-refractivity contribution in [2.24, 2.45) is 4.99 Å². The van der Waals surface area contributed by atoms with Crippen molar-refractivity contribution < 1.29 is 14.6 Å². The number of H-pyrrole nitrogens is 1. The molecule has 6 nitrogen and oxygen atoms in total. The highest BCUT2D eigenvalue weighted by atomic mass is 35.5. The normalized spacial score (nSPS) is 13.0. The van der Waals surface area contributed by atoms with Crippen molar-refractivity contribution in [1.29, 1.82) is 0 Å². The molecule has 0 spiro atoms. The van der Waals surface area contributed by atoms with Gasteiger partial charge in [0.1, 0.15) is 12.5 Å². The summed E-state index contributed by atoms with van der Waals surface area (Å²) < 4.78 is 11.1. The first-order valence-corrected chi connectivity index (χ1v) is 11.0. The van der Waals surface area contributed by atoms with Crippen molar-refractivity contribution in [3.05, 3.63) is 94.9 Å². The molecule has 2 heterocycles. The molecule has 33 heavy (non-hydrogen) atoms. The molecule has 3 aromatic carbocycles. The summed E-state index contributed by atoms with van der Waals surface area (Å²) in [5.41, 5.74) is 4.63. The molecule has 0 unspecified atom stereocenters. The van der Waals surface area contributed by atoms with Gasteiger partial charge in [0.15, 0.2) is 17.4 Å². The molecule has 7 heteroatoms. The fourth-order valence-corrected chi connectivity index (χ4v) is 3.97. The average molecular weight is 460 g/mol. The minimum atomic E-state index is 0.0181. The fourth-order valence-electron chi connectivity index (χ4n) is 3.79. The number of hydrogen-bond donors (Lipinski definition) is 3. The van der Waals surface area contributed by atoms with E-state index in [0.717, 1.165) is 35.2 Å². The summed E-state index contributed by atoms with van der Waals surface area (Å²) in [5.74, 6) is 1.21. The number of benzene rings is 3. The number of ether oxygens (including phenoxy) is 2. The molecule has 1 aliphatic heterocycles. The van der Waals surface area contributed by atoms with Crippen LogP contribution in [0.5, 0.6) is 17.4 Å². The first-order valence-electron chi connectivity index (χ1n) is 10.6. The second-order valence-electron chi connectivity index (χ2n) is 7.62. The lowest BCUT2D eigenvalue weighted by molar-refractivity contribution is 0.361. The van der Waals surface area contributed by atoms with Gasteiger partial charge in [0.05, 0.1) is 22.5 Å². The van der Waals surface area contributed by atoms with Crippen LogP contribution in [0.3, 0.4) is 0 Å². The van der Waals surface area contributed by atoms with Gasteiger partial charge in [-0.05, 0) is 54.6 Å². The van der Waals surface area contributed by atoms with E-state index in [4.69, 9.17) is 26.1 Å². The number of aromatic hydroxyl groups is 1. The smallest absolute Gasteiger partial charge is 0.199 e. The zero-order valence-corrected chi connectivity index (χ0v) is 18.7. The van der Waals surface area contributed by atoms with Crippen LogP contribution in [-0.2, 0) is 6.54 Å². The second-order valence-corrected chi connectivity index (χ2v) is 8.05. The third-order valence-electron chi connectivity index (χ3n) is 5.40. The number of fused-ring (bicyclic) bond motifs is 2. The number of aromatic nitrogens is 1. The molecule has 0 bridgehead atoms. The molecule has 0 radical (unpaired) electrons. The molecule has 0 fully saturated rings. The van der Waals surface area contributed by atoms with E-state index >= 15 is 0 Å². The minimum absolute atomic E-state index is 0.0181. The van der Waals surface area contributed by atoms with Crippen LogP contribution in [0.2, 0.25) is 5.02 Å². The predicted octanol–water partition coefficient (Wildman–Crippen LogP) is 6.05. The number of halogens is 1. The van der Waals surface area contributed by atoms with Crippen LogP contribution < -0.4 is 14.8 Å². The molecule has 1 aliphatic rings. The van der Waals surface area contributed by atoms with E-state index in [1.165, 1.54) is 18.1 Å². The zero-order chi connectivity index (χ0) is 22.8. The predicted molar refractivity (Wildman–Crippen MR) is 131 cm³/mol. The SMILES string of the molecule is CCNCc1ccc(N=C(c2ccc3c(c2)OC=CO3)c2c(O)[nH]c3cc(Cl)ccc23)cc1. The van der Waals surface area contributed by atoms with Gasteiger partial charge in [-0.2, -0.15) is 0 Å². The molecule has 0 saturated carbocycles. The van der Waals surface area contributed by atoms with E-state index in [2.05, 4.69) is 17.2 Å². The quantitative estimate of drug-likeness (QED) is 0.307. The summed E-state index contributed by atoms with van der Waals surface area (Å²) in [7, 11) is 0. The van der Waals surface area contributed by atoms with Gasteiger partial charge in [-0.15, -0.1) is 0 Å². The molecule has 5 rings (SSSR count). The monoisotopic (exact) mass is 459 g/mol. The molecule has 166 valence electrons. The minimum Gasteiger partial charge on any atom is -0.494 e. The van der Waals surface area contributed by atoms with Crippen molar-refractivity contribution in [3.8, 4) is 17.4 Å². The van der Waals surface area contributed by atoms with Gasteiger partial charge in [-0.1, -0.05) is 36.7 Å². The lowest BCUT2D eigenvalue weighted by atomic mass is 10.00. The third kappa shape index (κ3) is 4.31. The van der Waals surface area contributed by atoms with Crippen molar-refractivity contribution >= 4 is 33.9 Å². The van der Waals surface area contributed by atoms with E-state index in [9.17, 15) is 5.11 Å². The molecule has 3 N–H and O–H groups in total. The van der Waals surface area contributed by atoms with Crippen LogP contribution in [0, 0.1) is 0 Å². The molecule has 1 aromatic heterocycles. The second kappa shape index (κ2) is 9.02. The standard InChI is InChI=1S/C26H22ClN3O3/c1-2-28-15-16-3-7-19(8-4-16)29-25(17-5-10-22-23(13-17)33-12-11-32-22)24-20-9-6-18(27)14-21(20)30-26(24)31/h3-14,28,30-31H,2,15H2,1H3. The summed E-state index contributed by atoms with van der Waals surface area (Å²) in [6.07, 6.45) is 2.97. The van der Waals surface area contributed by atoms with Crippen LogP contribution >= 0.6 is 11.6 Å². The van der Waals surface area contributed by atoms with E-state index in [-0.39, 0.29) is 5.88 Å². The summed E-state index contributed by atoms with van der Waals surface area (Å²) in [6.45, 7) is 3.79. The maximum absolute atomic E-state index is 10.9. The Morgan fingerprint density at radius 2 is 1.79 bits per heavy atom. The van der Waals surface area contributed by atoms with E-state index < -0.39 is 0 Å². The number of rotatable bonds is 6. The van der Waals surface area contributed by atoms with Crippen molar-refractivity contribution in [2.45, 2.75) is 13.5 Å². The van der Waals surface area contributed by atoms with Crippen LogP contribution in [-0.4, -0.2) is 22.3 Å². The van der Waals surface area contributed by atoms with Gasteiger partial charge in [-0.3, -0.25) is 0 Å². The number of hydrogen-bond acceptors (Lipinski definition) is 5. The van der Waals surface area contributed by atoms with E-state index in [1.807, 2.05) is 48.5 Å². The molecular formula is C26H22ClN3O3. The van der Waals surface area contributed by atoms with Gasteiger partial charge in [0.25, 0.3) is 0 Å². The van der Waals surface area contributed by atoms with Crippen LogP contribution in [0.4, 0.5) is 5.69 Å². The highest BCUT2D eigenvalue weighted by Crippen LogP contribution is 2.36. The number of aliphatic imine (C=N–C) groups is 1. The van der Waals surface area contributed by atoms with Crippen molar-refractivity contribution in [1.82, 2.24) is 10.3 Å². The van der Waals surface area contributed by atoms with Gasteiger partial charge in [-0.25, -0.2) is 4.99 Å². The molecule has 0 amide bonds. The Morgan fingerprint density at radius 1 is 1.00 bits per heavy atom. The Balaban J connectivity index is 1.65. The fraction of sp³-hybridized carbons (Fsp3) is 0.115. The van der Waals surface area contributed by atoms with Gasteiger partial charge in [0.2, 0.25) is 0 Å². The maximum atomic E-state index is 10.9. The molecule has 0 saturated heterocycles. The summed E-state index contributed by atoms with van der Waals surface area (Å²) >= 11 is 6.16. The number of nitrogens with one attached hydrogen (secondary N) is 2. The van der Waals surface area contributed by atoms with Crippen LogP contribution in [0.15, 0.2) is 78.2 Å². The first-order chi connectivity index (χ1) is 16.1. The van der Waals surface area contributed by atoms with Gasteiger partial charge in [0, 0.05) is 22.5 Å². The topological polar surface area (TPSA) is 78.9 Å². The molecule has 0 aliphatic carbocycles. The zero-order valence-electron chi connectivity index (χ0n) is 17.9. The summed E-state index contributed by atoms with van der Waals surface area (Å²) in [5, 5.41) is 15.6. The maximum Gasteiger partial charge on any atom is 0.199 e. The lowest BCUT2D eigenvalue weighted by Gasteiger charge is -2.15. The highest BCUT2D eigenvalue weighted by molar-refractivity contribution is 6.31. The molecule has 0 atom stereocenters. The molecule has 4 aromatic rings. The van der Waals surface area contributed by atoms with Crippen LogP contribution in [0.25, 0.3) is 10.9 Å². The van der Waals surface area contributed by atoms with Crippen molar-refractivity contribution in [3.63, 3.8) is 0 Å².